The molecule has 0 radical (unpaired) electrons. The molecular weight excluding hydrogens is 1740 g/mol. The number of amides is 3. The van der Waals surface area contributed by atoms with Crippen LogP contribution in [0.3, 0.4) is 0 Å². The topological polar surface area (TPSA) is 724 Å². The number of β-amino-alcohol motifs (C(OH)–C–C–N with tert-alkyl or cyclic N) is 2. The summed E-state index contributed by atoms with van der Waals surface area (Å²) in [6.07, 6.45) is -5.98. The van der Waals surface area contributed by atoms with Gasteiger partial charge in [-0.1, -0.05) is 102 Å². The molecule has 44 nitrogen and oxygen atoms in total. The van der Waals surface area contributed by atoms with Crippen molar-refractivity contribution in [2.24, 2.45) is 81.7 Å². The lowest BCUT2D eigenvalue weighted by molar-refractivity contribution is -0.139. The van der Waals surface area contributed by atoms with E-state index in [0.717, 1.165) is 15.4 Å². The fraction of sp³-hybridized carbons (Fsp3) is 0.640. The van der Waals surface area contributed by atoms with E-state index < -0.39 is 275 Å². The van der Waals surface area contributed by atoms with Gasteiger partial charge < -0.3 is 122 Å². The third-order valence-electron chi connectivity index (χ3n) is 22.6. The van der Waals surface area contributed by atoms with Crippen LogP contribution in [0.1, 0.15) is 206 Å². The van der Waals surface area contributed by atoms with Crippen LogP contribution >= 0.6 is 0 Å². The molecule has 23 N–H and O–H groups in total. The second kappa shape index (κ2) is 47.9. The molecule has 0 aliphatic carbocycles. The van der Waals surface area contributed by atoms with Gasteiger partial charge in [-0.05, 0) is 145 Å². The van der Waals surface area contributed by atoms with E-state index in [1.165, 1.54) is 94.9 Å². The molecule has 2 aromatic carbocycles. The number of likely N-dealkylation sites (tertiary alicyclic amines) is 3. The average molecular weight is 1870 g/mol. The van der Waals surface area contributed by atoms with Crippen molar-refractivity contribution in [3.05, 3.63) is 71.8 Å². The van der Waals surface area contributed by atoms with Gasteiger partial charge in [-0.15, -0.1) is 0 Å². The Kier molecular flexibility index (Phi) is 40.0. The van der Waals surface area contributed by atoms with E-state index in [-0.39, 0.29) is 76.1 Å². The number of carbonyl (C=O) groups excluding carboxylic acids is 3. The Morgan fingerprint density at radius 2 is 0.842 bits per heavy atom. The van der Waals surface area contributed by atoms with E-state index in [1.807, 2.05) is 0 Å². The Bertz CT molecular complexity index is 4820. The normalized spacial score (nSPS) is 21.8. The number of carboxylic acids is 1. The molecule has 0 bridgehead atoms. The molecule has 16 atom stereocenters. The number of hydrogen-bond acceptors (Lipinski definition) is 24. The predicted octanol–water partition coefficient (Wildman–Crippen LogP) is 8.99. The number of aliphatic hydroxyl groups excluding tert-OH is 20. The summed E-state index contributed by atoms with van der Waals surface area (Å²) in [5.41, 5.74) is -10.1. The number of benzene rings is 2. The van der Waals surface area contributed by atoms with E-state index in [1.54, 1.807) is 95.3 Å². The van der Waals surface area contributed by atoms with Crippen molar-refractivity contribution in [1.82, 2.24) is 14.7 Å². The van der Waals surface area contributed by atoms with E-state index in [4.69, 9.17) is 10.8 Å². The van der Waals surface area contributed by atoms with Crippen LogP contribution in [0.2, 0.25) is 0 Å². The van der Waals surface area contributed by atoms with Gasteiger partial charge in [-0.25, -0.2) is 74.7 Å². The Labute approximate surface area is 772 Å². The number of nitrogens with zero attached hydrogens (tertiary/aromatic N) is 17. The van der Waals surface area contributed by atoms with Crippen molar-refractivity contribution in [2.45, 2.75) is 326 Å². The van der Waals surface area contributed by atoms with Crippen molar-refractivity contribution in [1.29, 1.82) is 10.8 Å². The van der Waals surface area contributed by atoms with E-state index in [9.17, 15) is 126 Å². The number of rotatable bonds is 48. The van der Waals surface area contributed by atoms with Gasteiger partial charge in [-0.3, -0.25) is 25.2 Å². The van der Waals surface area contributed by atoms with Crippen LogP contribution in [0.5, 0.6) is 0 Å². The summed E-state index contributed by atoms with van der Waals surface area (Å²) in [4.78, 5) is 118. The highest BCUT2D eigenvalue weighted by atomic mass is 16.4. The van der Waals surface area contributed by atoms with E-state index in [0.29, 0.717) is 12.0 Å². The Morgan fingerprint density at radius 1 is 0.436 bits per heavy atom. The first-order valence-corrected chi connectivity index (χ1v) is 43.9. The average Bonchev–Trinajstić information content (AvgIpc) is 1.66. The summed E-state index contributed by atoms with van der Waals surface area (Å²) in [6, 6.07) is 1.11. The van der Waals surface area contributed by atoms with E-state index in [2.05, 4.69) is 69.9 Å². The Balaban J connectivity index is 1.41. The number of aliphatic carboxylic acids is 1. The highest BCUT2D eigenvalue weighted by molar-refractivity contribution is 6.01. The van der Waals surface area contributed by atoms with Crippen LogP contribution in [0.25, 0.3) is 0 Å². The number of carboxylic acid groups (broad SMARTS) is 1. The summed E-state index contributed by atoms with van der Waals surface area (Å²) >= 11 is 0. The van der Waals surface area contributed by atoms with Gasteiger partial charge in [0.2, 0.25) is 76.7 Å². The van der Waals surface area contributed by atoms with Gasteiger partial charge in [0.15, 0.2) is 29.8 Å². The molecule has 3 amide bonds. The highest BCUT2D eigenvalue weighted by Gasteiger charge is 2.49. The SMILES string of the molecule is CC[C@H](C)[C@H](N=C(O)C(C)(C)N=C(O)[C@H](CCC(=N)O)N=C(O)[C@@](C)(CC)N=C(O)[C@H](Cc1ccccc1)N=C(C)O)C(O)=N[C@H](C(O)=NC(C)(C)C(O)=N[C@@H](CC(C)C)C(O)=NC(C)(C)C(=O)N1C[C@H](O)C[C@H]1C(O)=N[C@@H](CCC(=N)O)C(O)=NC(C)(C)C(=O)N1C[C@H](O)C[C@H]1C(O)=NC(C)(C)C(=O)N1CCC[C@H]1C(O)=N[C@@H](Cc1ccccc1)C(O)=N[C@@H](CO)C(=O)O)[C@@H](C)O. The molecule has 3 fully saturated rings. The van der Waals surface area contributed by atoms with Crippen LogP contribution in [-0.4, -0.2) is 384 Å². The maximum Gasteiger partial charge on any atom is 0.330 e. The van der Waals surface area contributed by atoms with Crippen LogP contribution in [0.4, 0.5) is 0 Å². The summed E-state index contributed by atoms with van der Waals surface area (Å²) in [5.74, 6) is -17.8. The van der Waals surface area contributed by atoms with Gasteiger partial charge in [0.1, 0.15) is 87.6 Å². The van der Waals surface area contributed by atoms with Gasteiger partial charge in [0.05, 0.1) is 24.9 Å². The second-order valence-corrected chi connectivity index (χ2v) is 36.7. The summed E-state index contributed by atoms with van der Waals surface area (Å²) in [7, 11) is 0. The molecule has 0 unspecified atom stereocenters. The molecule has 3 aliphatic heterocycles. The van der Waals surface area contributed by atoms with E-state index >= 15 is 0 Å². The lowest BCUT2D eigenvalue weighted by Crippen LogP contribution is -2.52. The van der Waals surface area contributed by atoms with Crippen molar-refractivity contribution < 1.29 is 126 Å². The first-order chi connectivity index (χ1) is 61.7. The number of carbonyl (C=O) groups is 4. The van der Waals surface area contributed by atoms with Crippen LogP contribution in [-0.2, 0) is 32.0 Å². The maximum atomic E-state index is 14.8. The van der Waals surface area contributed by atoms with Crippen LogP contribution in [0, 0.1) is 22.7 Å². The number of hydrogen-bond donors (Lipinski definition) is 23. The molecular formula is C89H137N19O25. The summed E-state index contributed by atoms with van der Waals surface area (Å²) in [6.45, 7) is 23.5. The number of aliphatic hydroxyl groups is 20. The lowest BCUT2D eigenvalue weighted by Gasteiger charge is -2.33. The van der Waals surface area contributed by atoms with Gasteiger partial charge >= 0.3 is 5.97 Å². The molecule has 3 aliphatic rings. The predicted molar refractivity (Wildman–Crippen MR) is 508 cm³/mol. The fourth-order valence-electron chi connectivity index (χ4n) is 14.6. The zero-order chi connectivity index (χ0) is 101. The Morgan fingerprint density at radius 3 is 1.29 bits per heavy atom. The van der Waals surface area contributed by atoms with Crippen molar-refractivity contribution in [2.75, 3.05) is 26.2 Å². The van der Waals surface area contributed by atoms with Crippen molar-refractivity contribution in [3.8, 4) is 0 Å². The quantitative estimate of drug-likeness (QED) is 0.0217. The first-order valence-electron chi connectivity index (χ1n) is 43.9. The lowest BCUT2D eigenvalue weighted by atomic mass is 9.97. The van der Waals surface area contributed by atoms with Crippen molar-refractivity contribution in [3.63, 3.8) is 0 Å². The first kappa shape index (κ1) is 111. The Hall–Kier alpha value is -12.3. The maximum absolute atomic E-state index is 14.8. The monoisotopic (exact) mass is 1870 g/mol. The molecule has 0 spiro atoms. The third-order valence-corrected chi connectivity index (χ3v) is 22.6. The largest absolute Gasteiger partial charge is 0.497 e. The molecule has 2 aromatic rings. The molecule has 133 heavy (non-hydrogen) atoms. The number of nitrogens with one attached hydrogen (secondary N) is 2. The van der Waals surface area contributed by atoms with Gasteiger partial charge in [0.25, 0.3) is 17.7 Å². The van der Waals surface area contributed by atoms with Crippen LogP contribution in [0.15, 0.2) is 131 Å². The minimum Gasteiger partial charge on any atom is -0.497 e. The zero-order valence-corrected chi connectivity index (χ0v) is 78.7. The summed E-state index contributed by atoms with van der Waals surface area (Å²) < 4.78 is 0. The smallest absolute Gasteiger partial charge is 0.330 e. The van der Waals surface area contributed by atoms with Crippen molar-refractivity contribution >= 4 is 118 Å². The second-order valence-electron chi connectivity index (χ2n) is 36.7. The van der Waals surface area contributed by atoms with Gasteiger partial charge in [-0.2, -0.15) is 0 Å². The number of aliphatic imine (C=N–C) groups is 14. The minimum absolute atomic E-state index is 0.00194. The fourth-order valence-corrected chi connectivity index (χ4v) is 14.6. The minimum atomic E-state index is -2.04. The molecule has 0 saturated carbocycles. The third kappa shape index (κ3) is 31.7. The molecule has 44 heteroatoms. The summed E-state index contributed by atoms with van der Waals surface area (Å²) in [5, 5.41) is 250. The molecule has 3 saturated heterocycles. The zero-order valence-electron chi connectivity index (χ0n) is 78.7. The molecule has 3 heterocycles. The standard InChI is InChI=1S/C89H137N19O25/c1-19-47(5)65(99-79(129)85(10,11)100-69(118)55(34-36-64(91)115)96-80(130)89(18,20-2)105-71(120)58(92-49(7)111)40-51-30-25-22-26-31-51)75(124)98-66(48(6)110)76(125)104-84(8,9)78(128)97-56(38-46(3)4)70(119)102-88(16,17)82(132)107-43-52(112)41-61(107)73(122)93-54(33-35-63(90)114)68(117)101-87(14,15)83(133)108-44-53(113)42-62(108)74(123)103-86(12,13)81(131)106-37-27-32-60(106)72(121)94-57(39-50-28-23-21-24-29-50)67(116)95-59(45-109)77(126)127/h21-26,28-31,46-48,52-62,65-66,109-110,112-113H,19-20,27,32-45H2,1-18H3,(H2,90,114)(H2,91,115)(H,92,111)(H,93,122)(H,94,121)(H,95,116)(H,96,130)(H,97,128)(H,98,124)(H,99,129)(H,100,118)(H,101,117)(H,102,119)(H,103,123)(H,104,125)(H,105,120)(H,126,127)/t47-,48+,52+,53+,54-,55-,56-,57-,58-,59-,60-,61-,62-,65-,66-,89+/m0/s1. The highest BCUT2D eigenvalue weighted by Crippen LogP contribution is 2.33. The molecule has 5 rings (SSSR count). The van der Waals surface area contributed by atoms with Gasteiger partial charge in [0, 0.05) is 65.1 Å². The molecule has 0 aromatic heterocycles. The molecule has 738 valence electrons. The van der Waals surface area contributed by atoms with Crippen LogP contribution < -0.4 is 0 Å².